The number of aromatic amines is 1. The largest absolute Gasteiger partial charge is 0.360 e. The van der Waals surface area contributed by atoms with Gasteiger partial charge in [0.1, 0.15) is 6.04 Å². The number of amides is 4. The molecular formula is C20H27N5O3. The maximum Gasteiger partial charge on any atom is 0.318 e. The maximum absolute atomic E-state index is 12.9. The Morgan fingerprint density at radius 3 is 2.29 bits per heavy atom. The Labute approximate surface area is 164 Å². The van der Waals surface area contributed by atoms with Crippen molar-refractivity contribution in [2.45, 2.75) is 32.9 Å². The molecule has 0 saturated carbocycles. The predicted molar refractivity (Wildman–Crippen MR) is 107 cm³/mol. The van der Waals surface area contributed by atoms with E-state index in [1.165, 1.54) is 0 Å². The number of hydrogen-bond acceptors (Lipinski definition) is 3. The molecule has 1 aromatic carbocycles. The van der Waals surface area contributed by atoms with Crippen LogP contribution in [0.1, 0.15) is 31.1 Å². The van der Waals surface area contributed by atoms with Gasteiger partial charge in [-0.05, 0) is 26.8 Å². The number of nitrogens with zero attached hydrogens (tertiary/aromatic N) is 2. The highest BCUT2D eigenvalue weighted by molar-refractivity contribution is 6.06. The summed E-state index contributed by atoms with van der Waals surface area (Å²) in [5.74, 6) is -0.251. The van der Waals surface area contributed by atoms with Crippen molar-refractivity contribution in [3.05, 3.63) is 36.0 Å². The molecule has 2 heterocycles. The summed E-state index contributed by atoms with van der Waals surface area (Å²) in [7, 11) is 0. The minimum atomic E-state index is -0.610. The average Bonchev–Trinajstić information content (AvgIpc) is 3.11. The summed E-state index contributed by atoms with van der Waals surface area (Å²) >= 11 is 0. The van der Waals surface area contributed by atoms with Gasteiger partial charge in [0.05, 0.1) is 5.56 Å². The van der Waals surface area contributed by atoms with Crippen LogP contribution in [-0.4, -0.2) is 70.9 Å². The monoisotopic (exact) mass is 385 g/mol. The zero-order valence-corrected chi connectivity index (χ0v) is 16.5. The van der Waals surface area contributed by atoms with E-state index in [9.17, 15) is 14.4 Å². The molecule has 8 nitrogen and oxygen atoms in total. The molecule has 28 heavy (non-hydrogen) atoms. The molecule has 4 amide bonds. The van der Waals surface area contributed by atoms with Crippen molar-refractivity contribution in [1.82, 2.24) is 25.4 Å². The number of rotatable bonds is 4. The molecule has 3 rings (SSSR count). The predicted octanol–water partition coefficient (Wildman–Crippen LogP) is 1.55. The third-order valence-electron chi connectivity index (χ3n) is 4.84. The third-order valence-corrected chi connectivity index (χ3v) is 4.84. The van der Waals surface area contributed by atoms with Crippen LogP contribution in [0.4, 0.5) is 4.79 Å². The number of nitrogens with one attached hydrogen (secondary N) is 3. The van der Waals surface area contributed by atoms with Crippen molar-refractivity contribution >= 4 is 28.7 Å². The van der Waals surface area contributed by atoms with Crippen LogP contribution in [0.15, 0.2) is 30.5 Å². The van der Waals surface area contributed by atoms with Crippen molar-refractivity contribution in [1.29, 1.82) is 0 Å². The Kier molecular flexibility index (Phi) is 5.87. The number of aromatic nitrogens is 1. The van der Waals surface area contributed by atoms with Crippen LogP contribution in [-0.2, 0) is 4.79 Å². The topological polar surface area (TPSA) is 97.5 Å². The summed E-state index contributed by atoms with van der Waals surface area (Å²) < 4.78 is 0. The van der Waals surface area contributed by atoms with Gasteiger partial charge in [-0.25, -0.2) is 4.79 Å². The Hall–Kier alpha value is -3.03. The molecule has 0 aliphatic carbocycles. The first-order valence-corrected chi connectivity index (χ1v) is 9.58. The van der Waals surface area contributed by atoms with E-state index in [0.29, 0.717) is 31.7 Å². The Morgan fingerprint density at radius 1 is 0.964 bits per heavy atom. The summed E-state index contributed by atoms with van der Waals surface area (Å²) in [6.07, 6.45) is 1.74. The van der Waals surface area contributed by atoms with Crippen molar-refractivity contribution in [2.75, 3.05) is 26.2 Å². The van der Waals surface area contributed by atoms with E-state index in [-0.39, 0.29) is 23.9 Å². The first-order chi connectivity index (χ1) is 13.4. The number of piperazine rings is 1. The van der Waals surface area contributed by atoms with Gasteiger partial charge in [0.25, 0.3) is 5.91 Å². The van der Waals surface area contributed by atoms with Crippen LogP contribution in [0.2, 0.25) is 0 Å². The van der Waals surface area contributed by atoms with Gasteiger partial charge in [0.2, 0.25) is 5.91 Å². The normalized spacial score (nSPS) is 15.6. The third kappa shape index (κ3) is 4.27. The molecule has 0 radical (unpaired) electrons. The summed E-state index contributed by atoms with van der Waals surface area (Å²) in [5, 5.41) is 6.39. The molecule has 3 N–H and O–H groups in total. The van der Waals surface area contributed by atoms with Gasteiger partial charge >= 0.3 is 6.03 Å². The van der Waals surface area contributed by atoms with E-state index in [4.69, 9.17) is 0 Å². The summed E-state index contributed by atoms with van der Waals surface area (Å²) in [4.78, 5) is 43.7. The Bertz CT molecular complexity index is 868. The molecule has 1 aromatic heterocycles. The molecule has 1 atom stereocenters. The highest BCUT2D eigenvalue weighted by Crippen LogP contribution is 2.20. The second-order valence-electron chi connectivity index (χ2n) is 7.36. The van der Waals surface area contributed by atoms with Gasteiger partial charge in [0, 0.05) is 49.3 Å². The van der Waals surface area contributed by atoms with Crippen LogP contribution >= 0.6 is 0 Å². The standard InChI is InChI=1S/C20H27N5O3/c1-13(2)22-18(26)14(3)23-20(28)25-10-8-24(9-11-25)19(27)16-12-21-17-7-5-4-6-15(16)17/h4-7,12-14,21H,8-11H2,1-3H3,(H,22,26)(H,23,28)/t14-/m1/s1. The number of fused-ring (bicyclic) bond motifs is 1. The highest BCUT2D eigenvalue weighted by Gasteiger charge is 2.27. The number of hydrogen-bond donors (Lipinski definition) is 3. The van der Waals surface area contributed by atoms with Crippen LogP contribution < -0.4 is 10.6 Å². The molecule has 0 spiro atoms. The number of benzene rings is 1. The molecule has 1 aliphatic rings. The molecule has 150 valence electrons. The molecule has 1 saturated heterocycles. The zero-order chi connectivity index (χ0) is 20.3. The highest BCUT2D eigenvalue weighted by atomic mass is 16.2. The fourth-order valence-electron chi connectivity index (χ4n) is 3.28. The summed E-state index contributed by atoms with van der Waals surface area (Å²) in [6, 6.07) is 6.81. The smallest absolute Gasteiger partial charge is 0.318 e. The van der Waals surface area contributed by atoms with Crippen LogP contribution in [0, 0.1) is 0 Å². The SMILES string of the molecule is CC(C)NC(=O)[C@@H](C)NC(=O)N1CCN(C(=O)c2c[nH]c3ccccc23)CC1. The van der Waals surface area contributed by atoms with E-state index >= 15 is 0 Å². The number of para-hydroxylation sites is 1. The summed E-state index contributed by atoms with van der Waals surface area (Å²) in [5.41, 5.74) is 1.57. The first kappa shape index (κ1) is 19.7. The molecule has 0 bridgehead atoms. The number of carbonyl (C=O) groups is 3. The van der Waals surface area contributed by atoms with E-state index < -0.39 is 6.04 Å². The van der Waals surface area contributed by atoms with Gasteiger partial charge in [0.15, 0.2) is 0 Å². The minimum Gasteiger partial charge on any atom is -0.360 e. The summed E-state index contributed by atoms with van der Waals surface area (Å²) in [6.45, 7) is 7.17. The fourth-order valence-corrected chi connectivity index (χ4v) is 3.28. The molecular weight excluding hydrogens is 358 g/mol. The lowest BCUT2D eigenvalue weighted by Gasteiger charge is -2.35. The molecule has 1 fully saturated rings. The molecule has 1 aliphatic heterocycles. The van der Waals surface area contributed by atoms with Crippen LogP contribution in [0.3, 0.4) is 0 Å². The van der Waals surface area contributed by atoms with Crippen molar-refractivity contribution < 1.29 is 14.4 Å². The van der Waals surface area contributed by atoms with Gasteiger partial charge in [-0.15, -0.1) is 0 Å². The van der Waals surface area contributed by atoms with E-state index in [1.807, 2.05) is 38.1 Å². The lowest BCUT2D eigenvalue weighted by atomic mass is 10.1. The second kappa shape index (κ2) is 8.33. The molecule has 8 heteroatoms. The Balaban J connectivity index is 1.54. The van der Waals surface area contributed by atoms with E-state index in [1.54, 1.807) is 22.9 Å². The van der Waals surface area contributed by atoms with E-state index in [0.717, 1.165) is 10.9 Å². The zero-order valence-electron chi connectivity index (χ0n) is 16.5. The van der Waals surface area contributed by atoms with Gasteiger partial charge in [-0.3, -0.25) is 9.59 Å². The number of urea groups is 1. The minimum absolute atomic E-state index is 0.0194. The first-order valence-electron chi connectivity index (χ1n) is 9.58. The van der Waals surface area contributed by atoms with Crippen LogP contribution in [0.25, 0.3) is 10.9 Å². The van der Waals surface area contributed by atoms with Crippen LogP contribution in [0.5, 0.6) is 0 Å². The second-order valence-corrected chi connectivity index (χ2v) is 7.36. The van der Waals surface area contributed by atoms with Crippen molar-refractivity contribution in [2.24, 2.45) is 0 Å². The van der Waals surface area contributed by atoms with Crippen molar-refractivity contribution in [3.8, 4) is 0 Å². The Morgan fingerprint density at radius 2 is 1.61 bits per heavy atom. The quantitative estimate of drug-likeness (QED) is 0.745. The maximum atomic E-state index is 12.9. The van der Waals surface area contributed by atoms with Crippen molar-refractivity contribution in [3.63, 3.8) is 0 Å². The molecule has 0 unspecified atom stereocenters. The lowest BCUT2D eigenvalue weighted by Crippen LogP contribution is -2.56. The van der Waals surface area contributed by atoms with Gasteiger partial charge in [-0.2, -0.15) is 0 Å². The van der Waals surface area contributed by atoms with Gasteiger partial charge in [-0.1, -0.05) is 18.2 Å². The fraction of sp³-hybridized carbons (Fsp3) is 0.450. The average molecular weight is 385 g/mol. The molecule has 2 aromatic rings. The number of H-pyrrole nitrogens is 1. The number of carbonyl (C=O) groups excluding carboxylic acids is 3. The van der Waals surface area contributed by atoms with Gasteiger partial charge < -0.3 is 25.4 Å². The lowest BCUT2D eigenvalue weighted by molar-refractivity contribution is -0.123. The van der Waals surface area contributed by atoms with E-state index in [2.05, 4.69) is 15.6 Å².